The molecule has 0 atom stereocenters. The van der Waals surface area contributed by atoms with E-state index in [9.17, 15) is 0 Å². The molecule has 22 heavy (non-hydrogen) atoms. The van der Waals surface area contributed by atoms with Gasteiger partial charge < -0.3 is 9.15 Å². The Morgan fingerprint density at radius 1 is 1.18 bits per heavy atom. The van der Waals surface area contributed by atoms with E-state index in [2.05, 4.69) is 32.6 Å². The highest BCUT2D eigenvalue weighted by Gasteiger charge is 2.07. The van der Waals surface area contributed by atoms with Gasteiger partial charge in [0.25, 0.3) is 0 Å². The van der Waals surface area contributed by atoms with E-state index in [1.165, 1.54) is 6.39 Å². The van der Waals surface area contributed by atoms with Gasteiger partial charge in [0.2, 0.25) is 12.3 Å². The molecule has 8 nitrogen and oxygen atoms in total. The molecule has 8 heteroatoms. The molecule has 3 aromatic rings. The number of unbranched alkanes of at least 4 members (excludes halogenated alkanes) is 1. The van der Waals surface area contributed by atoms with Crippen molar-refractivity contribution < 1.29 is 9.15 Å². The Labute approximate surface area is 127 Å². The number of hydrogen-bond acceptors (Lipinski definition) is 7. The maximum Gasteiger partial charge on any atom is 0.247 e. The summed E-state index contributed by atoms with van der Waals surface area (Å²) in [6.45, 7) is 3.26. The Hall–Kier alpha value is -2.77. The number of aryl methyl sites for hydroxylation is 1. The summed E-state index contributed by atoms with van der Waals surface area (Å²) in [6.07, 6.45) is 3.43. The van der Waals surface area contributed by atoms with Crippen molar-refractivity contribution in [3.8, 4) is 17.2 Å². The summed E-state index contributed by atoms with van der Waals surface area (Å²) in [5.74, 6) is 1.93. The first kappa shape index (κ1) is 14.2. The maximum atomic E-state index is 5.71. The van der Waals surface area contributed by atoms with Gasteiger partial charge in [0.1, 0.15) is 12.4 Å². The van der Waals surface area contributed by atoms with Crippen LogP contribution in [0.4, 0.5) is 0 Å². The monoisotopic (exact) mass is 300 g/mol. The molecule has 0 aliphatic rings. The minimum atomic E-state index is 0.330. The third-order valence-electron chi connectivity index (χ3n) is 3.16. The van der Waals surface area contributed by atoms with Gasteiger partial charge in [-0.25, -0.2) is 4.68 Å². The second-order valence-corrected chi connectivity index (χ2v) is 4.73. The average molecular weight is 300 g/mol. The molecule has 0 fully saturated rings. The molecule has 3 rings (SSSR count). The summed E-state index contributed by atoms with van der Waals surface area (Å²) >= 11 is 0. The number of hydrogen-bond donors (Lipinski definition) is 0. The van der Waals surface area contributed by atoms with Gasteiger partial charge in [-0.15, -0.1) is 15.3 Å². The van der Waals surface area contributed by atoms with Crippen molar-refractivity contribution in [2.24, 2.45) is 0 Å². The van der Waals surface area contributed by atoms with E-state index in [0.29, 0.717) is 12.5 Å². The second kappa shape index (κ2) is 6.79. The highest BCUT2D eigenvalue weighted by Crippen LogP contribution is 2.20. The summed E-state index contributed by atoms with van der Waals surface area (Å²) < 4.78 is 12.6. The summed E-state index contributed by atoms with van der Waals surface area (Å²) in [5, 5.41) is 19.1. The molecule has 0 spiro atoms. The predicted molar refractivity (Wildman–Crippen MR) is 76.8 cm³/mol. The first-order valence-corrected chi connectivity index (χ1v) is 7.11. The lowest BCUT2D eigenvalue weighted by Crippen LogP contribution is -2.08. The molecule has 0 bridgehead atoms. The topological polar surface area (TPSA) is 91.8 Å². The van der Waals surface area contributed by atoms with Crippen LogP contribution in [0.3, 0.4) is 0 Å². The van der Waals surface area contributed by atoms with Crippen LogP contribution in [0.5, 0.6) is 5.75 Å². The van der Waals surface area contributed by atoms with E-state index in [1.54, 1.807) is 4.68 Å². The molecule has 2 heterocycles. The Morgan fingerprint density at radius 2 is 2.05 bits per heavy atom. The summed E-state index contributed by atoms with van der Waals surface area (Å²) in [6, 6.07) is 7.42. The molecular weight excluding hydrogens is 284 g/mol. The van der Waals surface area contributed by atoms with Gasteiger partial charge >= 0.3 is 0 Å². The number of tetrazole rings is 1. The van der Waals surface area contributed by atoms with Gasteiger partial charge in [-0.05, 0) is 41.1 Å². The van der Waals surface area contributed by atoms with Gasteiger partial charge in [-0.3, -0.25) is 0 Å². The molecule has 0 unspecified atom stereocenters. The normalized spacial score (nSPS) is 10.8. The maximum absolute atomic E-state index is 5.71. The largest absolute Gasteiger partial charge is 0.486 e. The standard InChI is InChI=1S/C14H16N6O2/c1-2-3-8-20-13(16-18-19-20)9-21-12-6-4-11(5-7-12)14-17-15-10-22-14/h4-7,10H,2-3,8-9H2,1H3. The van der Waals surface area contributed by atoms with Crippen molar-refractivity contribution in [1.29, 1.82) is 0 Å². The van der Waals surface area contributed by atoms with Crippen LogP contribution < -0.4 is 4.74 Å². The lowest BCUT2D eigenvalue weighted by molar-refractivity contribution is 0.285. The number of benzene rings is 1. The van der Waals surface area contributed by atoms with E-state index in [-0.39, 0.29) is 0 Å². The molecule has 0 saturated carbocycles. The fourth-order valence-electron chi connectivity index (χ4n) is 1.95. The smallest absolute Gasteiger partial charge is 0.247 e. The van der Waals surface area contributed by atoms with Crippen LogP contribution in [0.25, 0.3) is 11.5 Å². The molecule has 1 aromatic carbocycles. The zero-order valence-corrected chi connectivity index (χ0v) is 12.2. The molecule has 0 N–H and O–H groups in total. The molecule has 2 aromatic heterocycles. The number of aromatic nitrogens is 6. The zero-order valence-electron chi connectivity index (χ0n) is 12.2. The summed E-state index contributed by atoms with van der Waals surface area (Å²) in [7, 11) is 0. The van der Waals surface area contributed by atoms with Crippen LogP contribution in [-0.2, 0) is 13.2 Å². The Kier molecular flexibility index (Phi) is 4.38. The fourth-order valence-corrected chi connectivity index (χ4v) is 1.95. The number of ether oxygens (including phenoxy) is 1. The number of nitrogens with zero attached hydrogens (tertiary/aromatic N) is 6. The van der Waals surface area contributed by atoms with Gasteiger partial charge in [0, 0.05) is 12.1 Å². The summed E-state index contributed by atoms with van der Waals surface area (Å²) in [5.41, 5.74) is 0.845. The highest BCUT2D eigenvalue weighted by atomic mass is 16.5. The molecule has 0 saturated heterocycles. The van der Waals surface area contributed by atoms with Crippen molar-refractivity contribution in [3.63, 3.8) is 0 Å². The first-order valence-electron chi connectivity index (χ1n) is 7.11. The summed E-state index contributed by atoms with van der Waals surface area (Å²) in [4.78, 5) is 0. The van der Waals surface area contributed by atoms with Gasteiger partial charge in [-0.2, -0.15) is 0 Å². The van der Waals surface area contributed by atoms with Crippen LogP contribution in [0, 0.1) is 0 Å². The van der Waals surface area contributed by atoms with Crippen LogP contribution in [0.15, 0.2) is 35.1 Å². The van der Waals surface area contributed by atoms with Crippen LogP contribution in [-0.4, -0.2) is 30.4 Å². The van der Waals surface area contributed by atoms with E-state index >= 15 is 0 Å². The van der Waals surface area contributed by atoms with Gasteiger partial charge in [0.15, 0.2) is 5.82 Å². The lowest BCUT2D eigenvalue weighted by Gasteiger charge is -2.06. The minimum absolute atomic E-state index is 0.330. The molecule has 0 aliphatic carbocycles. The molecular formula is C14H16N6O2. The molecule has 0 amide bonds. The Bertz CT molecular complexity index is 692. The number of rotatable bonds is 7. The Balaban J connectivity index is 1.61. The molecule has 0 radical (unpaired) electrons. The van der Waals surface area contributed by atoms with Crippen LogP contribution >= 0.6 is 0 Å². The van der Waals surface area contributed by atoms with Crippen molar-refractivity contribution in [2.45, 2.75) is 32.9 Å². The third-order valence-corrected chi connectivity index (χ3v) is 3.16. The van der Waals surface area contributed by atoms with E-state index < -0.39 is 0 Å². The predicted octanol–water partition coefficient (Wildman–Crippen LogP) is 2.10. The highest BCUT2D eigenvalue weighted by molar-refractivity contribution is 5.53. The SMILES string of the molecule is CCCCn1nnnc1COc1ccc(-c2nnco2)cc1. The van der Waals surface area contributed by atoms with E-state index in [4.69, 9.17) is 9.15 Å². The fraction of sp³-hybridized carbons (Fsp3) is 0.357. The van der Waals surface area contributed by atoms with Crippen molar-refractivity contribution in [1.82, 2.24) is 30.4 Å². The molecule has 0 aliphatic heterocycles. The van der Waals surface area contributed by atoms with Crippen molar-refractivity contribution in [3.05, 3.63) is 36.5 Å². The second-order valence-electron chi connectivity index (χ2n) is 4.73. The molecule has 114 valence electrons. The average Bonchev–Trinajstić information content (AvgIpc) is 3.23. The van der Waals surface area contributed by atoms with E-state index in [0.717, 1.165) is 36.5 Å². The van der Waals surface area contributed by atoms with E-state index in [1.807, 2.05) is 24.3 Å². The lowest BCUT2D eigenvalue weighted by atomic mass is 10.2. The Morgan fingerprint density at radius 3 is 2.77 bits per heavy atom. The van der Waals surface area contributed by atoms with Crippen molar-refractivity contribution in [2.75, 3.05) is 0 Å². The van der Waals surface area contributed by atoms with Crippen LogP contribution in [0.1, 0.15) is 25.6 Å². The van der Waals surface area contributed by atoms with Crippen molar-refractivity contribution >= 4 is 0 Å². The van der Waals surface area contributed by atoms with Gasteiger partial charge in [-0.1, -0.05) is 13.3 Å². The quantitative estimate of drug-likeness (QED) is 0.659. The third kappa shape index (κ3) is 3.27. The zero-order chi connectivity index (χ0) is 15.2. The minimum Gasteiger partial charge on any atom is -0.486 e. The van der Waals surface area contributed by atoms with Crippen LogP contribution in [0.2, 0.25) is 0 Å². The first-order chi connectivity index (χ1) is 10.9. The van der Waals surface area contributed by atoms with Gasteiger partial charge in [0.05, 0.1) is 0 Å².